The lowest BCUT2D eigenvalue weighted by Crippen LogP contribution is -2.14. The highest BCUT2D eigenvalue weighted by Gasteiger charge is 2.12. The number of sulfonamides is 1. The van der Waals surface area contributed by atoms with E-state index in [9.17, 15) is 13.2 Å². The van der Waals surface area contributed by atoms with Crippen molar-refractivity contribution in [3.63, 3.8) is 0 Å². The molecule has 2 aromatic carbocycles. The molecule has 8 heteroatoms. The number of carbonyl (C=O) groups excluding carboxylic acids is 1. The molecule has 0 saturated carbocycles. The Balaban J connectivity index is 2.14. The van der Waals surface area contributed by atoms with Crippen LogP contribution in [-0.4, -0.2) is 20.4 Å². The Morgan fingerprint density at radius 3 is 2.29 bits per heavy atom. The first-order chi connectivity index (χ1) is 11.2. The van der Waals surface area contributed by atoms with Gasteiger partial charge in [-0.05, 0) is 72.2 Å². The third-order valence-electron chi connectivity index (χ3n) is 3.00. The number of primary sulfonamides is 1. The predicted octanol–water partition coefficient (Wildman–Crippen LogP) is 3.14. The van der Waals surface area contributed by atoms with Crippen molar-refractivity contribution in [3.8, 4) is 5.75 Å². The number of benzene rings is 2. The molecule has 0 saturated heterocycles. The normalized spacial score (nSPS) is 11.4. The Morgan fingerprint density at radius 2 is 1.79 bits per heavy atom. The van der Waals surface area contributed by atoms with E-state index < -0.39 is 10.0 Å². The molecule has 0 aliphatic carbocycles. The van der Waals surface area contributed by atoms with Crippen molar-refractivity contribution in [1.82, 2.24) is 0 Å². The maximum absolute atomic E-state index is 12.3. The lowest BCUT2D eigenvalue weighted by atomic mass is 10.2. The van der Waals surface area contributed by atoms with Crippen LogP contribution in [0.15, 0.2) is 51.8 Å². The van der Waals surface area contributed by atoms with Gasteiger partial charge in [0.25, 0.3) is 5.91 Å². The molecule has 0 aliphatic heterocycles. The van der Waals surface area contributed by atoms with Gasteiger partial charge in [-0.15, -0.1) is 0 Å². The average molecular weight is 413 g/mol. The highest BCUT2D eigenvalue weighted by Crippen LogP contribution is 2.27. The molecular formula is C16H17BrN2O4S. The van der Waals surface area contributed by atoms with Gasteiger partial charge in [0.2, 0.25) is 10.0 Å². The first kappa shape index (κ1) is 18.4. The molecule has 0 atom stereocenters. The summed E-state index contributed by atoms with van der Waals surface area (Å²) < 4.78 is 28.7. The molecule has 0 heterocycles. The number of nitrogens with two attached hydrogens (primary N) is 1. The maximum Gasteiger partial charge on any atom is 0.255 e. The summed E-state index contributed by atoms with van der Waals surface area (Å²) in [4.78, 5) is 12.3. The molecule has 2 aromatic rings. The summed E-state index contributed by atoms with van der Waals surface area (Å²) in [5.74, 6) is 0.328. The Kier molecular flexibility index (Phi) is 5.63. The van der Waals surface area contributed by atoms with Crippen LogP contribution in [0.25, 0.3) is 0 Å². The molecule has 0 aliphatic rings. The van der Waals surface area contributed by atoms with Gasteiger partial charge >= 0.3 is 0 Å². The zero-order chi connectivity index (χ0) is 17.9. The van der Waals surface area contributed by atoms with Crippen molar-refractivity contribution in [2.75, 3.05) is 5.32 Å². The summed E-state index contributed by atoms with van der Waals surface area (Å²) in [6.07, 6.45) is 0.0262. The second kappa shape index (κ2) is 7.33. The zero-order valence-corrected chi connectivity index (χ0v) is 15.5. The highest BCUT2D eigenvalue weighted by molar-refractivity contribution is 9.10. The monoisotopic (exact) mass is 412 g/mol. The third-order valence-corrected chi connectivity index (χ3v) is 4.55. The van der Waals surface area contributed by atoms with E-state index in [1.807, 2.05) is 13.8 Å². The fraction of sp³-hybridized carbons (Fsp3) is 0.188. The van der Waals surface area contributed by atoms with Crippen LogP contribution in [0, 0.1) is 0 Å². The molecule has 0 spiro atoms. The third kappa shape index (κ3) is 4.80. The second-order valence-electron chi connectivity index (χ2n) is 5.34. The van der Waals surface area contributed by atoms with Gasteiger partial charge in [-0.25, -0.2) is 13.6 Å². The average Bonchev–Trinajstić information content (AvgIpc) is 2.48. The molecule has 0 fully saturated rings. The van der Waals surface area contributed by atoms with E-state index in [2.05, 4.69) is 21.2 Å². The molecule has 0 unspecified atom stereocenters. The van der Waals surface area contributed by atoms with Crippen LogP contribution in [-0.2, 0) is 10.0 Å². The lowest BCUT2D eigenvalue weighted by molar-refractivity contribution is 0.102. The molecule has 0 bridgehead atoms. The van der Waals surface area contributed by atoms with Crippen molar-refractivity contribution in [2.45, 2.75) is 24.8 Å². The van der Waals surface area contributed by atoms with Gasteiger partial charge in [-0.1, -0.05) is 0 Å². The van der Waals surface area contributed by atoms with Crippen LogP contribution in [0.2, 0.25) is 0 Å². The standard InChI is InChI=1S/C16H17BrN2O4S/c1-10(2)23-15-8-3-11(9-14(15)17)16(20)19-12-4-6-13(7-5-12)24(18,21)22/h3-10H,1-2H3,(H,19,20)(H2,18,21,22). The Morgan fingerprint density at radius 1 is 1.17 bits per heavy atom. The second-order valence-corrected chi connectivity index (χ2v) is 7.75. The molecule has 24 heavy (non-hydrogen) atoms. The lowest BCUT2D eigenvalue weighted by Gasteiger charge is -2.12. The van der Waals surface area contributed by atoms with E-state index in [4.69, 9.17) is 9.88 Å². The first-order valence-electron chi connectivity index (χ1n) is 7.07. The van der Waals surface area contributed by atoms with E-state index in [0.717, 1.165) is 0 Å². The van der Waals surface area contributed by atoms with Gasteiger partial charge < -0.3 is 10.1 Å². The predicted molar refractivity (Wildman–Crippen MR) is 95.7 cm³/mol. The molecule has 0 aromatic heterocycles. The number of rotatable bonds is 5. The summed E-state index contributed by atoms with van der Waals surface area (Å²) in [5.41, 5.74) is 0.902. The van der Waals surface area contributed by atoms with Crippen LogP contribution >= 0.6 is 15.9 Å². The Hall–Kier alpha value is -1.90. The van der Waals surface area contributed by atoms with Gasteiger partial charge in [0.1, 0.15) is 5.75 Å². The number of hydrogen-bond acceptors (Lipinski definition) is 4. The van der Waals surface area contributed by atoms with Crippen molar-refractivity contribution in [1.29, 1.82) is 0 Å². The molecule has 0 radical (unpaired) electrons. The number of ether oxygens (including phenoxy) is 1. The van der Waals surface area contributed by atoms with Gasteiger partial charge in [0.05, 0.1) is 15.5 Å². The van der Waals surface area contributed by atoms with Crippen molar-refractivity contribution < 1.29 is 17.9 Å². The van der Waals surface area contributed by atoms with Gasteiger partial charge in [0, 0.05) is 11.3 Å². The number of hydrogen-bond donors (Lipinski definition) is 2. The van der Waals surface area contributed by atoms with Crippen LogP contribution in [0.1, 0.15) is 24.2 Å². The fourth-order valence-electron chi connectivity index (χ4n) is 1.92. The minimum absolute atomic E-state index is 0.0153. The Bertz CT molecular complexity index is 849. The van der Waals surface area contributed by atoms with Crippen LogP contribution < -0.4 is 15.2 Å². The summed E-state index contributed by atoms with van der Waals surface area (Å²) in [5, 5.41) is 7.72. The van der Waals surface area contributed by atoms with E-state index >= 15 is 0 Å². The molecule has 3 N–H and O–H groups in total. The van der Waals surface area contributed by atoms with E-state index in [1.165, 1.54) is 24.3 Å². The number of amides is 1. The summed E-state index contributed by atoms with van der Waals surface area (Å²) in [7, 11) is -3.75. The van der Waals surface area contributed by atoms with Gasteiger partial charge in [-0.2, -0.15) is 0 Å². The number of halogens is 1. The smallest absolute Gasteiger partial charge is 0.255 e. The van der Waals surface area contributed by atoms with Crippen LogP contribution in [0.3, 0.4) is 0 Å². The van der Waals surface area contributed by atoms with E-state index in [1.54, 1.807) is 18.2 Å². The summed E-state index contributed by atoms with van der Waals surface area (Å²) >= 11 is 3.38. The van der Waals surface area contributed by atoms with Gasteiger partial charge in [0.15, 0.2) is 0 Å². The first-order valence-corrected chi connectivity index (χ1v) is 9.41. The molecule has 128 valence electrons. The summed E-state index contributed by atoms with van der Waals surface area (Å²) in [6.45, 7) is 3.83. The van der Waals surface area contributed by atoms with Gasteiger partial charge in [-0.3, -0.25) is 4.79 Å². The molecule has 6 nitrogen and oxygen atoms in total. The van der Waals surface area contributed by atoms with Crippen LogP contribution in [0.5, 0.6) is 5.75 Å². The SMILES string of the molecule is CC(C)Oc1ccc(C(=O)Nc2ccc(S(N)(=O)=O)cc2)cc1Br. The van der Waals surface area contributed by atoms with E-state index in [-0.39, 0.29) is 16.9 Å². The molecule has 2 rings (SSSR count). The van der Waals surface area contributed by atoms with Crippen molar-refractivity contribution in [3.05, 3.63) is 52.5 Å². The number of anilines is 1. The minimum atomic E-state index is -3.75. The maximum atomic E-state index is 12.3. The molecule has 1 amide bonds. The van der Waals surface area contributed by atoms with Crippen molar-refractivity contribution in [2.24, 2.45) is 5.14 Å². The minimum Gasteiger partial charge on any atom is -0.490 e. The van der Waals surface area contributed by atoms with Crippen molar-refractivity contribution >= 4 is 37.5 Å². The number of carbonyl (C=O) groups is 1. The largest absolute Gasteiger partial charge is 0.490 e. The number of nitrogens with one attached hydrogen (secondary N) is 1. The summed E-state index contributed by atoms with van der Waals surface area (Å²) in [6, 6.07) is 10.6. The Labute approximate surface area is 149 Å². The molecular weight excluding hydrogens is 396 g/mol. The van der Waals surface area contributed by atoms with E-state index in [0.29, 0.717) is 21.5 Å². The fourth-order valence-corrected chi connectivity index (χ4v) is 2.91. The zero-order valence-electron chi connectivity index (χ0n) is 13.1. The highest BCUT2D eigenvalue weighted by atomic mass is 79.9. The van der Waals surface area contributed by atoms with Crippen LogP contribution in [0.4, 0.5) is 5.69 Å². The quantitative estimate of drug-likeness (QED) is 0.787. The topological polar surface area (TPSA) is 98.5 Å².